The van der Waals surface area contributed by atoms with E-state index in [4.69, 9.17) is 4.74 Å². The van der Waals surface area contributed by atoms with Gasteiger partial charge in [0.15, 0.2) is 0 Å². The lowest BCUT2D eigenvalue weighted by molar-refractivity contribution is -0.136. The summed E-state index contributed by atoms with van der Waals surface area (Å²) in [7, 11) is 0. The Labute approximate surface area is 202 Å². The summed E-state index contributed by atoms with van der Waals surface area (Å²) in [6.07, 6.45) is 2.21. The van der Waals surface area contributed by atoms with E-state index in [1.54, 1.807) is 42.3 Å². The molecule has 2 heterocycles. The first-order valence-corrected chi connectivity index (χ1v) is 11.5. The number of para-hydroxylation sites is 1. The summed E-state index contributed by atoms with van der Waals surface area (Å²) in [5.41, 5.74) is 4.90. The number of carbonyl (C=O) groups excluding carboxylic acids is 2. The van der Waals surface area contributed by atoms with E-state index in [-0.39, 0.29) is 12.5 Å². The van der Waals surface area contributed by atoms with Gasteiger partial charge in [-0.3, -0.25) is 4.79 Å². The molecule has 4 aromatic rings. The van der Waals surface area contributed by atoms with Gasteiger partial charge in [0.2, 0.25) is 0 Å². The minimum Gasteiger partial charge on any atom is -0.462 e. The summed E-state index contributed by atoms with van der Waals surface area (Å²) < 4.78 is 5.31. The Morgan fingerprint density at radius 2 is 1.60 bits per heavy atom. The highest BCUT2D eigenvalue weighted by Gasteiger charge is 2.27. The van der Waals surface area contributed by atoms with Crippen LogP contribution in [0.25, 0.3) is 16.5 Å². The van der Waals surface area contributed by atoms with Crippen LogP contribution in [-0.4, -0.2) is 34.9 Å². The predicted octanol–water partition coefficient (Wildman–Crippen LogP) is 6.19. The van der Waals surface area contributed by atoms with E-state index >= 15 is 0 Å². The van der Waals surface area contributed by atoms with Gasteiger partial charge in [0.05, 0.1) is 29.2 Å². The van der Waals surface area contributed by atoms with Crippen LogP contribution in [0, 0.1) is 0 Å². The Balaban J connectivity index is 1.42. The van der Waals surface area contributed by atoms with Crippen LogP contribution in [0.3, 0.4) is 0 Å². The van der Waals surface area contributed by atoms with Crippen LogP contribution in [0.5, 0.6) is 0 Å². The second-order valence-electron chi connectivity index (χ2n) is 8.12. The number of aromatic amines is 1. The van der Waals surface area contributed by atoms with Crippen LogP contribution >= 0.6 is 0 Å². The van der Waals surface area contributed by atoms with E-state index in [2.05, 4.69) is 15.2 Å². The molecule has 0 saturated heterocycles. The number of nitrogens with zero attached hydrogens (tertiary/aromatic N) is 3. The molecule has 1 aliphatic heterocycles. The third-order valence-electron chi connectivity index (χ3n) is 5.88. The zero-order valence-electron chi connectivity index (χ0n) is 19.3. The molecule has 1 amide bonds. The summed E-state index contributed by atoms with van der Waals surface area (Å²) >= 11 is 0. The highest BCUT2D eigenvalue weighted by molar-refractivity contribution is 6.18. The van der Waals surface area contributed by atoms with E-state index in [1.165, 1.54) is 0 Å². The highest BCUT2D eigenvalue weighted by Crippen LogP contribution is 2.32. The Morgan fingerprint density at radius 1 is 0.914 bits per heavy atom. The van der Waals surface area contributed by atoms with Gasteiger partial charge in [-0.2, -0.15) is 10.2 Å². The summed E-state index contributed by atoms with van der Waals surface area (Å²) in [4.78, 5) is 31.2. The number of ether oxygens (including phenoxy) is 1. The Kier molecular flexibility index (Phi) is 6.22. The summed E-state index contributed by atoms with van der Waals surface area (Å²) in [6.45, 7) is 2.45. The molecule has 0 aliphatic carbocycles. The van der Waals surface area contributed by atoms with Crippen LogP contribution in [0.2, 0.25) is 0 Å². The Hall–Kier alpha value is -4.52. The van der Waals surface area contributed by atoms with Crippen LogP contribution in [0.15, 0.2) is 95.3 Å². The lowest BCUT2D eigenvalue weighted by Gasteiger charge is -2.18. The zero-order chi connectivity index (χ0) is 24.2. The molecule has 5 rings (SSSR count). The number of amides is 1. The first-order valence-electron chi connectivity index (χ1n) is 11.5. The van der Waals surface area contributed by atoms with Crippen molar-refractivity contribution in [3.8, 4) is 0 Å². The van der Waals surface area contributed by atoms with Gasteiger partial charge >= 0.3 is 5.97 Å². The standard InChI is InChI=1S/C28H24N4O3/c1-2-35-28(34)24-18-32(17-16-23-22-10-6-7-11-25(22)29-26(23)24)27(33)19-12-14-21(15-13-19)31-30-20-8-4-3-5-9-20/h3-15,18,29H,2,16-17H2,1H3/b31-30+. The maximum atomic E-state index is 13.4. The maximum Gasteiger partial charge on any atom is 0.341 e. The number of esters is 1. The molecule has 174 valence electrons. The van der Waals surface area contributed by atoms with Gasteiger partial charge in [-0.05, 0) is 61.4 Å². The molecule has 0 unspecified atom stereocenters. The van der Waals surface area contributed by atoms with Crippen molar-refractivity contribution in [2.75, 3.05) is 13.2 Å². The van der Waals surface area contributed by atoms with Crippen molar-refractivity contribution >= 4 is 39.7 Å². The van der Waals surface area contributed by atoms with E-state index in [0.717, 1.165) is 22.2 Å². The molecule has 0 spiro atoms. The fourth-order valence-corrected chi connectivity index (χ4v) is 4.18. The topological polar surface area (TPSA) is 87.1 Å². The molecule has 0 saturated carbocycles. The minimum atomic E-state index is -0.461. The largest absolute Gasteiger partial charge is 0.462 e. The second-order valence-corrected chi connectivity index (χ2v) is 8.12. The van der Waals surface area contributed by atoms with Crippen molar-refractivity contribution in [1.29, 1.82) is 0 Å². The number of hydrogen-bond donors (Lipinski definition) is 1. The molecule has 7 heteroatoms. The quantitative estimate of drug-likeness (QED) is 0.282. The van der Waals surface area contributed by atoms with Gasteiger partial charge in [0.1, 0.15) is 0 Å². The highest BCUT2D eigenvalue weighted by atomic mass is 16.5. The fraction of sp³-hybridized carbons (Fsp3) is 0.143. The fourth-order valence-electron chi connectivity index (χ4n) is 4.18. The average Bonchev–Trinajstić information content (AvgIpc) is 3.15. The number of hydrogen-bond acceptors (Lipinski definition) is 5. The Bertz CT molecular complexity index is 1440. The summed E-state index contributed by atoms with van der Waals surface area (Å²) in [6, 6.07) is 24.3. The number of fused-ring (bicyclic) bond motifs is 3. The van der Waals surface area contributed by atoms with E-state index < -0.39 is 5.97 Å². The number of benzene rings is 3. The van der Waals surface area contributed by atoms with Crippen LogP contribution < -0.4 is 0 Å². The van der Waals surface area contributed by atoms with Crippen LogP contribution in [0.1, 0.15) is 28.5 Å². The average molecular weight is 465 g/mol. The molecule has 0 bridgehead atoms. The van der Waals surface area contributed by atoms with Crippen molar-refractivity contribution in [2.45, 2.75) is 13.3 Å². The molecule has 1 aliphatic rings. The summed E-state index contributed by atoms with van der Waals surface area (Å²) in [5, 5.41) is 9.48. The lowest BCUT2D eigenvalue weighted by atomic mass is 10.0. The normalized spacial score (nSPS) is 13.4. The monoisotopic (exact) mass is 464 g/mol. The SMILES string of the molecule is CCOC(=O)C1=CN(C(=O)c2ccc(/N=N/c3ccccc3)cc2)CCc2c1[nH]c1ccccc21. The zero-order valence-corrected chi connectivity index (χ0v) is 19.3. The van der Waals surface area contributed by atoms with Crippen molar-refractivity contribution in [3.63, 3.8) is 0 Å². The van der Waals surface area contributed by atoms with Crippen molar-refractivity contribution in [1.82, 2.24) is 9.88 Å². The van der Waals surface area contributed by atoms with Gasteiger partial charge in [-0.25, -0.2) is 4.79 Å². The van der Waals surface area contributed by atoms with Gasteiger partial charge in [-0.15, -0.1) is 0 Å². The Morgan fingerprint density at radius 3 is 2.34 bits per heavy atom. The molecule has 0 fully saturated rings. The third-order valence-corrected chi connectivity index (χ3v) is 5.88. The molecule has 0 radical (unpaired) electrons. The maximum absolute atomic E-state index is 13.4. The molecular weight excluding hydrogens is 440 g/mol. The second kappa shape index (κ2) is 9.77. The first kappa shape index (κ1) is 22.3. The molecule has 3 aromatic carbocycles. The minimum absolute atomic E-state index is 0.201. The number of H-pyrrole nitrogens is 1. The smallest absolute Gasteiger partial charge is 0.341 e. The molecule has 0 atom stereocenters. The van der Waals surface area contributed by atoms with Gasteiger partial charge in [0.25, 0.3) is 5.91 Å². The van der Waals surface area contributed by atoms with Crippen molar-refractivity contribution in [3.05, 3.63) is 102 Å². The van der Waals surface area contributed by atoms with E-state index in [9.17, 15) is 9.59 Å². The number of nitrogens with one attached hydrogen (secondary N) is 1. The van der Waals surface area contributed by atoms with Gasteiger partial charge in [0, 0.05) is 29.2 Å². The lowest BCUT2D eigenvalue weighted by Crippen LogP contribution is -2.28. The molecule has 1 N–H and O–H groups in total. The number of carbonyl (C=O) groups is 2. The summed E-state index contributed by atoms with van der Waals surface area (Å²) in [5.74, 6) is -0.663. The van der Waals surface area contributed by atoms with Gasteiger partial charge in [-0.1, -0.05) is 36.4 Å². The van der Waals surface area contributed by atoms with E-state index in [0.29, 0.717) is 35.5 Å². The number of aromatic nitrogens is 1. The van der Waals surface area contributed by atoms with Crippen molar-refractivity contribution < 1.29 is 14.3 Å². The third kappa shape index (κ3) is 4.61. The van der Waals surface area contributed by atoms with Gasteiger partial charge < -0.3 is 14.6 Å². The van der Waals surface area contributed by atoms with Crippen molar-refractivity contribution in [2.24, 2.45) is 10.2 Å². The molecular formula is C28H24N4O3. The van der Waals surface area contributed by atoms with Crippen LogP contribution in [0.4, 0.5) is 11.4 Å². The molecule has 1 aromatic heterocycles. The predicted molar refractivity (Wildman–Crippen MR) is 135 cm³/mol. The number of rotatable bonds is 5. The number of azo groups is 1. The molecule has 35 heavy (non-hydrogen) atoms. The van der Waals surface area contributed by atoms with Crippen LogP contribution in [-0.2, 0) is 16.0 Å². The first-order chi connectivity index (χ1) is 17.1. The molecule has 7 nitrogen and oxygen atoms in total. The van der Waals surface area contributed by atoms with E-state index in [1.807, 2.05) is 54.6 Å².